The Morgan fingerprint density at radius 2 is 1.47 bits per heavy atom. The molecule has 2 aromatic carbocycles. The van der Waals surface area contributed by atoms with Crippen molar-refractivity contribution in [3.63, 3.8) is 0 Å². The normalized spacial score (nSPS) is 14.6. The smallest absolute Gasteiger partial charge is 0.232 e. The number of amides is 1. The maximum atomic E-state index is 13.1. The second-order valence-electron chi connectivity index (χ2n) is 7.26. The molecule has 3 rings (SSSR count). The Balaban J connectivity index is 1.50. The topological polar surface area (TPSA) is 60.9 Å². The molecule has 0 saturated carbocycles. The van der Waals surface area contributed by atoms with Crippen LogP contribution in [0.2, 0.25) is 0 Å². The van der Waals surface area contributed by atoms with Crippen molar-refractivity contribution in [3.8, 4) is 0 Å². The van der Waals surface area contributed by atoms with Gasteiger partial charge in [0.25, 0.3) is 0 Å². The van der Waals surface area contributed by atoms with Crippen LogP contribution in [0.3, 0.4) is 0 Å². The van der Waals surface area contributed by atoms with Gasteiger partial charge in [-0.3, -0.25) is 9.10 Å². The Kier molecular flexibility index (Phi) is 6.91. The van der Waals surface area contributed by atoms with Crippen LogP contribution in [0.5, 0.6) is 0 Å². The third-order valence-electron chi connectivity index (χ3n) is 5.09. The molecule has 162 valence electrons. The lowest BCUT2D eigenvalue weighted by Gasteiger charge is -2.36. The first-order valence-corrected chi connectivity index (χ1v) is 11.6. The van der Waals surface area contributed by atoms with E-state index in [-0.39, 0.29) is 24.7 Å². The number of carbonyl (C=O) groups is 1. The number of hydrogen-bond acceptors (Lipinski definition) is 4. The predicted octanol–water partition coefficient (Wildman–Crippen LogP) is 2.86. The number of halogens is 2. The summed E-state index contributed by atoms with van der Waals surface area (Å²) in [5.74, 6) is -0.750. The number of nitrogens with zero attached hydrogens (tertiary/aromatic N) is 3. The molecule has 0 atom stereocenters. The van der Waals surface area contributed by atoms with Gasteiger partial charge in [-0.1, -0.05) is 0 Å². The number of hydrogen-bond donors (Lipinski definition) is 0. The van der Waals surface area contributed by atoms with Gasteiger partial charge in [-0.2, -0.15) is 0 Å². The zero-order chi connectivity index (χ0) is 21.7. The average molecular weight is 438 g/mol. The van der Waals surface area contributed by atoms with Crippen molar-refractivity contribution in [1.82, 2.24) is 4.90 Å². The summed E-state index contributed by atoms with van der Waals surface area (Å²) >= 11 is 0. The molecule has 0 aliphatic carbocycles. The Labute approximate surface area is 175 Å². The maximum Gasteiger partial charge on any atom is 0.232 e. The molecule has 2 aromatic rings. The lowest BCUT2D eigenvalue weighted by atomic mass is 10.2. The van der Waals surface area contributed by atoms with E-state index in [9.17, 15) is 22.0 Å². The number of anilines is 2. The van der Waals surface area contributed by atoms with Crippen molar-refractivity contribution >= 4 is 27.3 Å². The van der Waals surface area contributed by atoms with E-state index in [1.165, 1.54) is 40.7 Å². The van der Waals surface area contributed by atoms with E-state index in [1.807, 2.05) is 0 Å². The van der Waals surface area contributed by atoms with E-state index in [4.69, 9.17) is 0 Å². The van der Waals surface area contributed by atoms with Gasteiger partial charge in [-0.25, -0.2) is 17.2 Å². The molecule has 0 aromatic heterocycles. The molecule has 6 nitrogen and oxygen atoms in total. The third-order valence-corrected chi connectivity index (χ3v) is 6.28. The summed E-state index contributed by atoms with van der Waals surface area (Å²) in [5, 5.41) is 0. The van der Waals surface area contributed by atoms with Gasteiger partial charge in [0.2, 0.25) is 15.9 Å². The van der Waals surface area contributed by atoms with Crippen LogP contribution in [-0.2, 0) is 14.8 Å². The molecule has 1 fully saturated rings. The summed E-state index contributed by atoms with van der Waals surface area (Å²) < 4.78 is 51.6. The van der Waals surface area contributed by atoms with E-state index in [2.05, 4.69) is 4.90 Å². The summed E-state index contributed by atoms with van der Waals surface area (Å²) in [5.41, 5.74) is 1.30. The van der Waals surface area contributed by atoms with Gasteiger partial charge in [-0.15, -0.1) is 0 Å². The van der Waals surface area contributed by atoms with E-state index < -0.39 is 15.8 Å². The second kappa shape index (κ2) is 9.42. The van der Waals surface area contributed by atoms with Crippen molar-refractivity contribution < 1.29 is 22.0 Å². The zero-order valence-electron chi connectivity index (χ0n) is 16.8. The van der Waals surface area contributed by atoms with Crippen molar-refractivity contribution in [2.24, 2.45) is 0 Å². The van der Waals surface area contributed by atoms with E-state index in [0.717, 1.165) is 11.9 Å². The minimum atomic E-state index is -3.54. The summed E-state index contributed by atoms with van der Waals surface area (Å²) in [7, 11) is -3.54. The highest BCUT2D eigenvalue weighted by atomic mass is 32.2. The Morgan fingerprint density at radius 1 is 0.933 bits per heavy atom. The fourth-order valence-corrected chi connectivity index (χ4v) is 4.46. The molecule has 30 heavy (non-hydrogen) atoms. The highest BCUT2D eigenvalue weighted by Gasteiger charge is 2.22. The number of piperazine rings is 1. The monoisotopic (exact) mass is 437 g/mol. The van der Waals surface area contributed by atoms with Crippen LogP contribution in [0.1, 0.15) is 12.8 Å². The molecule has 0 N–H and O–H groups in total. The van der Waals surface area contributed by atoms with Crippen LogP contribution in [0.15, 0.2) is 48.5 Å². The molecule has 0 bridgehead atoms. The van der Waals surface area contributed by atoms with Crippen LogP contribution in [-0.4, -0.2) is 58.2 Å². The highest BCUT2D eigenvalue weighted by Crippen LogP contribution is 2.20. The fraction of sp³-hybridized carbons (Fsp3) is 0.381. The molecule has 0 radical (unpaired) electrons. The van der Waals surface area contributed by atoms with Gasteiger partial charge >= 0.3 is 0 Å². The second-order valence-corrected chi connectivity index (χ2v) is 9.17. The minimum Gasteiger partial charge on any atom is -0.368 e. The number of sulfonamides is 1. The Bertz CT molecular complexity index is 958. The number of rotatable bonds is 7. The van der Waals surface area contributed by atoms with Gasteiger partial charge in [-0.05, 0) is 55.0 Å². The number of carbonyl (C=O) groups excluding carboxylic acids is 1. The van der Waals surface area contributed by atoms with Gasteiger partial charge in [0.15, 0.2) is 0 Å². The summed E-state index contributed by atoms with van der Waals surface area (Å²) in [6.45, 7) is 2.57. The van der Waals surface area contributed by atoms with E-state index in [1.54, 1.807) is 17.0 Å². The summed E-state index contributed by atoms with van der Waals surface area (Å²) in [6.07, 6.45) is 1.68. The molecule has 0 spiro atoms. The van der Waals surface area contributed by atoms with Gasteiger partial charge < -0.3 is 9.80 Å². The summed E-state index contributed by atoms with van der Waals surface area (Å²) in [6, 6.07) is 11.5. The standard InChI is InChI=1S/C21H25F2N3O3S/c1-30(28,29)26(20-10-6-18(23)7-11-20)12-2-3-21(27)25-15-13-24(14-16-25)19-8-4-17(22)5-9-19/h4-11H,2-3,12-16H2,1H3. The zero-order valence-corrected chi connectivity index (χ0v) is 17.6. The fourth-order valence-electron chi connectivity index (χ4n) is 3.49. The molecule has 0 unspecified atom stereocenters. The van der Waals surface area contributed by atoms with Crippen LogP contribution in [0.4, 0.5) is 20.2 Å². The van der Waals surface area contributed by atoms with E-state index >= 15 is 0 Å². The molecule has 1 heterocycles. The first-order valence-electron chi connectivity index (χ1n) is 9.75. The largest absolute Gasteiger partial charge is 0.368 e. The van der Waals surface area contributed by atoms with Crippen LogP contribution in [0.25, 0.3) is 0 Å². The minimum absolute atomic E-state index is 0.0266. The summed E-state index contributed by atoms with van der Waals surface area (Å²) in [4.78, 5) is 16.4. The molecular formula is C21H25F2N3O3S. The van der Waals surface area contributed by atoms with Crippen molar-refractivity contribution in [1.29, 1.82) is 0 Å². The van der Waals surface area contributed by atoms with Crippen molar-refractivity contribution in [2.75, 3.05) is 48.2 Å². The predicted molar refractivity (Wildman–Crippen MR) is 113 cm³/mol. The lowest BCUT2D eigenvalue weighted by molar-refractivity contribution is -0.131. The van der Waals surface area contributed by atoms with Crippen LogP contribution < -0.4 is 9.21 Å². The van der Waals surface area contributed by atoms with Crippen molar-refractivity contribution in [2.45, 2.75) is 12.8 Å². The van der Waals surface area contributed by atoms with Crippen LogP contribution in [0, 0.1) is 11.6 Å². The molecular weight excluding hydrogens is 412 g/mol. The van der Waals surface area contributed by atoms with Gasteiger partial charge in [0.1, 0.15) is 11.6 Å². The first-order chi connectivity index (χ1) is 14.2. The Morgan fingerprint density at radius 3 is 2.00 bits per heavy atom. The van der Waals surface area contributed by atoms with E-state index in [0.29, 0.717) is 38.3 Å². The molecule has 1 aliphatic heterocycles. The van der Waals surface area contributed by atoms with Crippen LogP contribution >= 0.6 is 0 Å². The van der Waals surface area contributed by atoms with Gasteiger partial charge in [0.05, 0.1) is 11.9 Å². The Hall–Kier alpha value is -2.68. The molecule has 9 heteroatoms. The molecule has 1 saturated heterocycles. The SMILES string of the molecule is CS(=O)(=O)N(CCCC(=O)N1CCN(c2ccc(F)cc2)CC1)c1ccc(F)cc1. The quantitative estimate of drug-likeness (QED) is 0.668. The third kappa shape index (κ3) is 5.69. The number of benzene rings is 2. The first kappa shape index (κ1) is 22.0. The molecule has 1 amide bonds. The molecule has 1 aliphatic rings. The maximum absolute atomic E-state index is 13.1. The lowest BCUT2D eigenvalue weighted by Crippen LogP contribution is -2.48. The van der Waals surface area contributed by atoms with Gasteiger partial charge in [0, 0.05) is 44.8 Å². The van der Waals surface area contributed by atoms with Crippen molar-refractivity contribution in [3.05, 3.63) is 60.2 Å². The highest BCUT2D eigenvalue weighted by molar-refractivity contribution is 7.92. The average Bonchev–Trinajstić information content (AvgIpc) is 2.72.